The number of methoxy groups -OCH3 is 1. The minimum atomic E-state index is -0.638. The number of aromatic nitrogens is 3. The Morgan fingerprint density at radius 2 is 2.19 bits per heavy atom. The summed E-state index contributed by atoms with van der Waals surface area (Å²) in [6.45, 7) is 2.17. The molecule has 2 rings (SSSR count). The third-order valence-electron chi connectivity index (χ3n) is 2.32. The van der Waals surface area contributed by atoms with Crippen LogP contribution in [0.2, 0.25) is 0 Å². The maximum Gasteiger partial charge on any atom is 0.317 e. The van der Waals surface area contributed by atoms with Gasteiger partial charge in [0.2, 0.25) is 5.88 Å². The monoisotopic (exact) mass is 221 g/mol. The van der Waals surface area contributed by atoms with Crippen LogP contribution in [0.5, 0.6) is 5.88 Å². The summed E-state index contributed by atoms with van der Waals surface area (Å²) < 4.78 is 6.29. The van der Waals surface area contributed by atoms with Gasteiger partial charge in [-0.05, 0) is 13.0 Å². The number of fused-ring (bicyclic) bond motifs is 1. The molecule has 0 unspecified atom stereocenters. The summed E-state index contributed by atoms with van der Waals surface area (Å²) in [5, 5.41) is 0. The molecule has 2 aromatic heterocycles. The van der Waals surface area contributed by atoms with Gasteiger partial charge in [-0.15, -0.1) is 0 Å². The zero-order valence-corrected chi connectivity index (χ0v) is 8.98. The van der Waals surface area contributed by atoms with E-state index in [4.69, 9.17) is 4.74 Å². The number of hydrogen-bond donors (Lipinski definition) is 1. The van der Waals surface area contributed by atoms with Crippen molar-refractivity contribution < 1.29 is 4.74 Å². The van der Waals surface area contributed by atoms with Crippen molar-refractivity contribution >= 4 is 11.2 Å². The Hall–Kier alpha value is -2.11. The van der Waals surface area contributed by atoms with Crippen LogP contribution < -0.4 is 15.9 Å². The standard InChI is InChI=1S/C10H11N3O3/c1-3-13-8-6(11-9(14)10(13)15)4-5-7(12-8)16-2/h4-5H,3H2,1-2H3,(H,11,14). The lowest BCUT2D eigenvalue weighted by molar-refractivity contribution is 0.398. The quantitative estimate of drug-likeness (QED) is 0.730. The molecule has 0 saturated carbocycles. The molecule has 2 aromatic rings. The van der Waals surface area contributed by atoms with Gasteiger partial charge in [0.1, 0.15) is 0 Å². The van der Waals surface area contributed by atoms with E-state index in [1.165, 1.54) is 11.7 Å². The fraction of sp³-hybridized carbons (Fsp3) is 0.300. The lowest BCUT2D eigenvalue weighted by atomic mass is 10.4. The Balaban J connectivity index is 2.93. The average Bonchev–Trinajstić information content (AvgIpc) is 2.30. The molecule has 6 nitrogen and oxygen atoms in total. The highest BCUT2D eigenvalue weighted by molar-refractivity contribution is 5.70. The van der Waals surface area contributed by atoms with E-state index in [1.54, 1.807) is 19.1 Å². The lowest BCUT2D eigenvalue weighted by Crippen LogP contribution is -2.36. The number of hydrogen-bond acceptors (Lipinski definition) is 4. The van der Waals surface area contributed by atoms with Crippen molar-refractivity contribution in [2.24, 2.45) is 0 Å². The van der Waals surface area contributed by atoms with Gasteiger partial charge in [-0.1, -0.05) is 0 Å². The van der Waals surface area contributed by atoms with Crippen LogP contribution in [-0.2, 0) is 6.54 Å². The molecule has 84 valence electrons. The number of pyridine rings is 1. The molecule has 0 radical (unpaired) electrons. The minimum Gasteiger partial charge on any atom is -0.481 e. The zero-order valence-electron chi connectivity index (χ0n) is 8.98. The Kier molecular flexibility index (Phi) is 2.47. The molecule has 0 atom stereocenters. The van der Waals surface area contributed by atoms with Gasteiger partial charge >= 0.3 is 11.1 Å². The highest BCUT2D eigenvalue weighted by atomic mass is 16.5. The fourth-order valence-electron chi connectivity index (χ4n) is 1.54. The number of H-pyrrole nitrogens is 1. The van der Waals surface area contributed by atoms with Crippen LogP contribution in [0.15, 0.2) is 21.7 Å². The van der Waals surface area contributed by atoms with E-state index in [9.17, 15) is 9.59 Å². The van der Waals surface area contributed by atoms with Crippen molar-refractivity contribution in [1.29, 1.82) is 0 Å². The van der Waals surface area contributed by atoms with Gasteiger partial charge in [0.25, 0.3) is 0 Å². The molecule has 0 saturated heterocycles. The Morgan fingerprint density at radius 1 is 1.44 bits per heavy atom. The van der Waals surface area contributed by atoms with Gasteiger partial charge < -0.3 is 9.72 Å². The van der Waals surface area contributed by atoms with Crippen molar-refractivity contribution in [3.05, 3.63) is 32.8 Å². The minimum absolute atomic E-state index is 0.388. The molecular formula is C10H11N3O3. The zero-order chi connectivity index (χ0) is 11.7. The SMILES string of the molecule is CCn1c(=O)c(=O)[nH]c2ccc(OC)nc21. The van der Waals surface area contributed by atoms with E-state index in [0.29, 0.717) is 23.6 Å². The number of nitrogens with one attached hydrogen (secondary N) is 1. The number of rotatable bonds is 2. The maximum absolute atomic E-state index is 11.6. The molecule has 0 fully saturated rings. The fourth-order valence-corrected chi connectivity index (χ4v) is 1.54. The van der Waals surface area contributed by atoms with Crippen molar-refractivity contribution in [3.63, 3.8) is 0 Å². The molecule has 0 amide bonds. The highest BCUT2D eigenvalue weighted by Crippen LogP contribution is 2.11. The second kappa shape index (κ2) is 3.80. The molecule has 16 heavy (non-hydrogen) atoms. The van der Waals surface area contributed by atoms with Crippen LogP contribution in [0.3, 0.4) is 0 Å². The summed E-state index contributed by atoms with van der Waals surface area (Å²) in [5.41, 5.74) is -0.296. The molecule has 1 N–H and O–H groups in total. The molecule has 0 aliphatic carbocycles. The van der Waals surface area contributed by atoms with Crippen molar-refractivity contribution in [1.82, 2.24) is 14.5 Å². The average molecular weight is 221 g/mol. The lowest BCUT2D eigenvalue weighted by Gasteiger charge is -2.06. The van der Waals surface area contributed by atoms with Crippen LogP contribution in [0.4, 0.5) is 0 Å². The first-order chi connectivity index (χ1) is 7.67. The predicted octanol–water partition coefficient (Wildman–Crippen LogP) is 0.113. The summed E-state index contributed by atoms with van der Waals surface area (Å²) in [6.07, 6.45) is 0. The molecule has 6 heteroatoms. The van der Waals surface area contributed by atoms with Gasteiger partial charge in [-0.3, -0.25) is 14.2 Å². The van der Waals surface area contributed by atoms with E-state index in [2.05, 4.69) is 9.97 Å². The Labute approximate surface area is 90.5 Å². The molecular weight excluding hydrogens is 210 g/mol. The van der Waals surface area contributed by atoms with Crippen molar-refractivity contribution in [3.8, 4) is 5.88 Å². The smallest absolute Gasteiger partial charge is 0.317 e. The largest absolute Gasteiger partial charge is 0.481 e. The number of aryl methyl sites for hydroxylation is 1. The van der Waals surface area contributed by atoms with Crippen LogP contribution >= 0.6 is 0 Å². The van der Waals surface area contributed by atoms with Crippen LogP contribution in [0, 0.1) is 0 Å². The molecule has 0 aromatic carbocycles. The van der Waals surface area contributed by atoms with Crippen LogP contribution in [0.25, 0.3) is 11.2 Å². The first-order valence-corrected chi connectivity index (χ1v) is 4.85. The van der Waals surface area contributed by atoms with E-state index in [-0.39, 0.29) is 0 Å². The van der Waals surface area contributed by atoms with Crippen molar-refractivity contribution in [2.45, 2.75) is 13.5 Å². The third kappa shape index (κ3) is 1.48. The van der Waals surface area contributed by atoms with Crippen LogP contribution in [-0.4, -0.2) is 21.6 Å². The number of aromatic amines is 1. The third-order valence-corrected chi connectivity index (χ3v) is 2.32. The first kappa shape index (κ1) is 10.4. The number of ether oxygens (including phenoxy) is 1. The van der Waals surface area contributed by atoms with E-state index < -0.39 is 11.1 Å². The second-order valence-corrected chi connectivity index (χ2v) is 3.23. The Bertz CT molecular complexity index is 642. The van der Waals surface area contributed by atoms with Crippen molar-refractivity contribution in [2.75, 3.05) is 7.11 Å². The highest BCUT2D eigenvalue weighted by Gasteiger charge is 2.08. The second-order valence-electron chi connectivity index (χ2n) is 3.23. The molecule has 2 heterocycles. The first-order valence-electron chi connectivity index (χ1n) is 4.85. The summed E-state index contributed by atoms with van der Waals surface area (Å²) in [5.74, 6) is 0.404. The summed E-state index contributed by atoms with van der Waals surface area (Å²) >= 11 is 0. The summed E-state index contributed by atoms with van der Waals surface area (Å²) in [6, 6.07) is 3.29. The summed E-state index contributed by atoms with van der Waals surface area (Å²) in [4.78, 5) is 29.5. The predicted molar refractivity (Wildman–Crippen MR) is 58.8 cm³/mol. The normalized spacial score (nSPS) is 10.6. The van der Waals surface area contributed by atoms with E-state index >= 15 is 0 Å². The van der Waals surface area contributed by atoms with Gasteiger partial charge in [-0.25, -0.2) is 0 Å². The van der Waals surface area contributed by atoms with Gasteiger partial charge in [0, 0.05) is 12.6 Å². The van der Waals surface area contributed by atoms with Gasteiger partial charge in [0.05, 0.1) is 12.6 Å². The topological polar surface area (TPSA) is 77.0 Å². The molecule has 0 aliphatic rings. The van der Waals surface area contributed by atoms with E-state index in [1.807, 2.05) is 0 Å². The maximum atomic E-state index is 11.6. The van der Waals surface area contributed by atoms with Crippen LogP contribution in [0.1, 0.15) is 6.92 Å². The summed E-state index contributed by atoms with van der Waals surface area (Å²) in [7, 11) is 1.49. The number of nitrogens with zero attached hydrogens (tertiary/aromatic N) is 2. The van der Waals surface area contributed by atoms with Gasteiger partial charge in [-0.2, -0.15) is 4.98 Å². The van der Waals surface area contributed by atoms with E-state index in [0.717, 1.165) is 0 Å². The molecule has 0 spiro atoms. The van der Waals surface area contributed by atoms with Gasteiger partial charge in [0.15, 0.2) is 5.65 Å². The molecule has 0 bridgehead atoms. The molecule has 0 aliphatic heterocycles. The Morgan fingerprint density at radius 3 is 2.81 bits per heavy atom.